The van der Waals surface area contributed by atoms with Crippen molar-refractivity contribution in [2.24, 2.45) is 0 Å². The van der Waals surface area contributed by atoms with Gasteiger partial charge < -0.3 is 5.32 Å². The van der Waals surface area contributed by atoms with E-state index in [1.54, 1.807) is 12.4 Å². The van der Waals surface area contributed by atoms with Crippen molar-refractivity contribution in [1.82, 2.24) is 24.9 Å². The van der Waals surface area contributed by atoms with Crippen molar-refractivity contribution in [2.45, 2.75) is 19.4 Å². The Balaban J connectivity index is 2.05. The minimum Gasteiger partial charge on any atom is -0.306 e. The second-order valence-electron chi connectivity index (χ2n) is 4.68. The van der Waals surface area contributed by atoms with Crippen LogP contribution in [0.25, 0.3) is 5.52 Å². The Kier molecular flexibility index (Phi) is 3.69. The second-order valence-corrected chi connectivity index (χ2v) is 4.68. The molecule has 1 unspecified atom stereocenters. The molecule has 5 nitrogen and oxygen atoms in total. The lowest BCUT2D eigenvalue weighted by Crippen LogP contribution is -2.23. The maximum atomic E-state index is 4.39. The van der Waals surface area contributed by atoms with E-state index < -0.39 is 0 Å². The molecule has 0 saturated carbocycles. The summed E-state index contributed by atoms with van der Waals surface area (Å²) in [7, 11) is 0. The van der Waals surface area contributed by atoms with E-state index in [1.807, 2.05) is 35.4 Å². The van der Waals surface area contributed by atoms with Gasteiger partial charge in [-0.2, -0.15) is 5.10 Å². The fraction of sp³-hybridized carbons (Fsp3) is 0.267. The van der Waals surface area contributed by atoms with Crippen LogP contribution in [0.2, 0.25) is 0 Å². The quantitative estimate of drug-likeness (QED) is 0.770. The molecule has 102 valence electrons. The van der Waals surface area contributed by atoms with E-state index in [-0.39, 0.29) is 6.04 Å². The molecular weight excluding hydrogens is 250 g/mol. The number of nitrogens with zero attached hydrogens (tertiary/aromatic N) is 4. The standard InChI is InChI=1S/C15H17N5/c1-2-5-18-15(12-4-3-6-16-9-12)13-10-19-20-8-7-17-11-14(13)20/h3-4,6-11,15,18H,2,5H2,1H3. The minimum atomic E-state index is 0.0883. The molecule has 0 amide bonds. The highest BCUT2D eigenvalue weighted by Crippen LogP contribution is 2.24. The predicted octanol–water partition coefficient (Wildman–Crippen LogP) is 2.21. The van der Waals surface area contributed by atoms with Crippen LogP contribution in [0.1, 0.15) is 30.5 Å². The lowest BCUT2D eigenvalue weighted by atomic mass is 10.0. The van der Waals surface area contributed by atoms with Crippen LogP contribution in [0.5, 0.6) is 0 Å². The van der Waals surface area contributed by atoms with Crippen molar-refractivity contribution in [3.63, 3.8) is 0 Å². The summed E-state index contributed by atoms with van der Waals surface area (Å²) in [6, 6.07) is 4.13. The molecule has 20 heavy (non-hydrogen) atoms. The van der Waals surface area contributed by atoms with Crippen LogP contribution in [0.4, 0.5) is 0 Å². The second kappa shape index (κ2) is 5.79. The summed E-state index contributed by atoms with van der Waals surface area (Å²) in [5.74, 6) is 0. The van der Waals surface area contributed by atoms with Crippen LogP contribution in [-0.4, -0.2) is 26.1 Å². The average molecular weight is 267 g/mol. The first kappa shape index (κ1) is 12.7. The van der Waals surface area contributed by atoms with Crippen molar-refractivity contribution in [3.8, 4) is 0 Å². The summed E-state index contributed by atoms with van der Waals surface area (Å²) >= 11 is 0. The molecule has 1 N–H and O–H groups in total. The highest BCUT2D eigenvalue weighted by Gasteiger charge is 2.17. The van der Waals surface area contributed by atoms with E-state index in [1.165, 1.54) is 0 Å². The molecule has 0 aliphatic rings. The SMILES string of the molecule is CCCNC(c1cccnc1)c1cnn2ccncc12. The molecule has 0 aliphatic carbocycles. The zero-order valence-corrected chi connectivity index (χ0v) is 11.4. The molecule has 0 bridgehead atoms. The van der Waals surface area contributed by atoms with E-state index in [4.69, 9.17) is 0 Å². The summed E-state index contributed by atoms with van der Waals surface area (Å²) < 4.78 is 1.85. The Morgan fingerprint density at radius 1 is 1.20 bits per heavy atom. The van der Waals surface area contributed by atoms with Gasteiger partial charge in [-0.3, -0.25) is 9.97 Å². The largest absolute Gasteiger partial charge is 0.306 e. The number of nitrogens with one attached hydrogen (secondary N) is 1. The van der Waals surface area contributed by atoms with Crippen molar-refractivity contribution in [2.75, 3.05) is 6.54 Å². The third kappa shape index (κ3) is 2.40. The number of fused-ring (bicyclic) bond motifs is 1. The monoisotopic (exact) mass is 267 g/mol. The van der Waals surface area contributed by atoms with Crippen LogP contribution in [0, 0.1) is 0 Å². The van der Waals surface area contributed by atoms with Gasteiger partial charge in [0.2, 0.25) is 0 Å². The lowest BCUT2D eigenvalue weighted by molar-refractivity contribution is 0.600. The zero-order chi connectivity index (χ0) is 13.8. The van der Waals surface area contributed by atoms with Crippen LogP contribution in [0.3, 0.4) is 0 Å². The van der Waals surface area contributed by atoms with Crippen LogP contribution in [-0.2, 0) is 0 Å². The summed E-state index contributed by atoms with van der Waals surface area (Å²) in [5.41, 5.74) is 3.28. The van der Waals surface area contributed by atoms with Crippen LogP contribution in [0.15, 0.2) is 49.3 Å². The molecule has 3 rings (SSSR count). The number of pyridine rings is 1. The minimum absolute atomic E-state index is 0.0883. The maximum absolute atomic E-state index is 4.39. The highest BCUT2D eigenvalue weighted by molar-refractivity contribution is 5.55. The Morgan fingerprint density at radius 2 is 2.10 bits per heavy atom. The van der Waals surface area contributed by atoms with Gasteiger partial charge >= 0.3 is 0 Å². The average Bonchev–Trinajstić information content (AvgIpc) is 2.93. The Hall–Kier alpha value is -2.27. The van der Waals surface area contributed by atoms with Gasteiger partial charge in [0, 0.05) is 30.4 Å². The Labute approximate surface area is 117 Å². The van der Waals surface area contributed by atoms with E-state index in [0.29, 0.717) is 0 Å². The molecule has 0 spiro atoms. The predicted molar refractivity (Wildman–Crippen MR) is 77.4 cm³/mol. The molecule has 3 heterocycles. The van der Waals surface area contributed by atoms with Crippen LogP contribution < -0.4 is 5.32 Å². The van der Waals surface area contributed by atoms with Crippen molar-refractivity contribution >= 4 is 5.52 Å². The third-order valence-electron chi connectivity index (χ3n) is 3.28. The first-order chi connectivity index (χ1) is 9.90. The van der Waals surface area contributed by atoms with E-state index in [0.717, 1.165) is 29.6 Å². The fourth-order valence-corrected chi connectivity index (χ4v) is 2.32. The van der Waals surface area contributed by atoms with E-state index in [9.17, 15) is 0 Å². The number of aromatic nitrogens is 4. The molecule has 1 atom stereocenters. The summed E-state index contributed by atoms with van der Waals surface area (Å²) in [6.45, 7) is 3.10. The van der Waals surface area contributed by atoms with Crippen molar-refractivity contribution < 1.29 is 0 Å². The third-order valence-corrected chi connectivity index (χ3v) is 3.28. The zero-order valence-electron chi connectivity index (χ0n) is 11.4. The van der Waals surface area contributed by atoms with Gasteiger partial charge in [0.05, 0.1) is 24.0 Å². The highest BCUT2D eigenvalue weighted by atomic mass is 15.2. The van der Waals surface area contributed by atoms with E-state index >= 15 is 0 Å². The first-order valence-corrected chi connectivity index (χ1v) is 6.80. The molecule has 0 fully saturated rings. The Morgan fingerprint density at radius 3 is 2.90 bits per heavy atom. The number of hydrogen-bond donors (Lipinski definition) is 1. The van der Waals surface area contributed by atoms with E-state index in [2.05, 4.69) is 33.4 Å². The van der Waals surface area contributed by atoms with Gasteiger partial charge in [-0.1, -0.05) is 13.0 Å². The molecule has 0 saturated heterocycles. The van der Waals surface area contributed by atoms with Crippen molar-refractivity contribution in [1.29, 1.82) is 0 Å². The molecule has 0 aliphatic heterocycles. The van der Waals surface area contributed by atoms with Gasteiger partial charge in [-0.15, -0.1) is 0 Å². The van der Waals surface area contributed by atoms with Gasteiger partial charge in [0.25, 0.3) is 0 Å². The topological polar surface area (TPSA) is 55.1 Å². The smallest absolute Gasteiger partial charge is 0.0896 e. The summed E-state index contributed by atoms with van der Waals surface area (Å²) in [5, 5.41) is 7.95. The molecule has 5 heteroatoms. The number of hydrogen-bond acceptors (Lipinski definition) is 4. The Bertz CT molecular complexity index is 677. The van der Waals surface area contributed by atoms with Crippen LogP contribution >= 0.6 is 0 Å². The maximum Gasteiger partial charge on any atom is 0.0896 e. The molecule has 3 aromatic heterocycles. The fourth-order valence-electron chi connectivity index (χ4n) is 2.32. The molecule has 0 aromatic carbocycles. The molecule has 0 radical (unpaired) electrons. The van der Waals surface area contributed by atoms with Gasteiger partial charge in [-0.05, 0) is 24.6 Å². The number of rotatable bonds is 5. The molecular formula is C15H17N5. The first-order valence-electron chi connectivity index (χ1n) is 6.80. The van der Waals surface area contributed by atoms with Gasteiger partial charge in [0.15, 0.2) is 0 Å². The normalized spacial score (nSPS) is 12.7. The summed E-state index contributed by atoms with van der Waals surface area (Å²) in [6.07, 6.45) is 12.1. The molecule has 3 aromatic rings. The van der Waals surface area contributed by atoms with Gasteiger partial charge in [-0.25, -0.2) is 4.52 Å². The summed E-state index contributed by atoms with van der Waals surface area (Å²) in [4.78, 5) is 8.42. The lowest BCUT2D eigenvalue weighted by Gasteiger charge is -2.17. The van der Waals surface area contributed by atoms with Gasteiger partial charge in [0.1, 0.15) is 0 Å². The van der Waals surface area contributed by atoms with Crippen molar-refractivity contribution in [3.05, 3.63) is 60.4 Å².